The van der Waals surface area contributed by atoms with E-state index >= 15 is 0 Å². The zero-order valence-corrected chi connectivity index (χ0v) is 23.1. The van der Waals surface area contributed by atoms with Crippen LogP contribution in [0.15, 0.2) is 12.2 Å². The lowest BCUT2D eigenvalue weighted by molar-refractivity contribution is -0.300. The van der Waals surface area contributed by atoms with Crippen molar-refractivity contribution in [2.75, 3.05) is 0 Å². The third-order valence-electron chi connectivity index (χ3n) is 9.53. The van der Waals surface area contributed by atoms with Gasteiger partial charge in [0.25, 0.3) is 0 Å². The van der Waals surface area contributed by atoms with Crippen molar-refractivity contribution in [2.24, 2.45) is 34.0 Å². The van der Waals surface area contributed by atoms with Crippen LogP contribution in [0.25, 0.3) is 0 Å². The third-order valence-corrected chi connectivity index (χ3v) is 9.53. The molecule has 0 saturated heterocycles. The fraction of sp³-hybridized carbons (Fsp3) is 0.750. The normalized spacial score (nSPS) is 42.8. The summed E-state index contributed by atoms with van der Waals surface area (Å²) in [7, 11) is 0. The smallest absolute Gasteiger partial charge is 0.303 e. The minimum absolute atomic E-state index is 0.122. The van der Waals surface area contributed by atoms with Crippen LogP contribution in [0.3, 0.4) is 0 Å². The predicted octanol–water partition coefficient (Wildman–Crippen LogP) is 2.29. The third kappa shape index (κ3) is 3.98. The molecule has 0 radical (unpaired) electrons. The van der Waals surface area contributed by atoms with Crippen molar-refractivity contribution < 1.29 is 48.0 Å². The molecule has 10 nitrogen and oxygen atoms in total. The van der Waals surface area contributed by atoms with Crippen LogP contribution in [0.1, 0.15) is 67.7 Å². The summed E-state index contributed by atoms with van der Waals surface area (Å²) >= 11 is 0. The number of carbonyl (C=O) groups is 5. The molecule has 1 N–H and O–H groups in total. The van der Waals surface area contributed by atoms with Crippen LogP contribution in [0.4, 0.5) is 0 Å². The highest BCUT2D eigenvalue weighted by molar-refractivity contribution is 6.04. The number of hydrogen-bond donors (Lipinski definition) is 1. The minimum Gasteiger partial charge on any atom is -0.459 e. The number of esters is 4. The Balaban J connectivity index is 2.01. The predicted molar refractivity (Wildman–Crippen MR) is 131 cm³/mol. The Morgan fingerprint density at radius 3 is 1.87 bits per heavy atom. The monoisotopic (exact) mass is 534 g/mol. The van der Waals surface area contributed by atoms with Gasteiger partial charge in [-0.2, -0.15) is 0 Å². The molecular weight excluding hydrogens is 496 g/mol. The van der Waals surface area contributed by atoms with Gasteiger partial charge in [0, 0.05) is 44.9 Å². The second-order valence-corrected chi connectivity index (χ2v) is 12.4. The van der Waals surface area contributed by atoms with E-state index in [2.05, 4.69) is 6.58 Å². The number of allylic oxidation sites excluding steroid dienone is 1. The molecule has 0 aromatic carbocycles. The Bertz CT molecular complexity index is 1090. The molecule has 4 fully saturated rings. The lowest BCUT2D eigenvalue weighted by atomic mass is 9.38. The molecule has 0 amide bonds. The van der Waals surface area contributed by atoms with Crippen LogP contribution in [-0.2, 0) is 42.9 Å². The molecule has 4 aliphatic carbocycles. The molecule has 4 saturated carbocycles. The van der Waals surface area contributed by atoms with Gasteiger partial charge in [-0.3, -0.25) is 24.0 Å². The number of fused-ring (bicyclic) bond motifs is 3. The highest BCUT2D eigenvalue weighted by Crippen LogP contribution is 2.72. The number of Topliss-reactive ketones (excluding diaryl/α,β-unsaturated/α-hetero) is 1. The molecule has 0 aromatic rings. The lowest BCUT2D eigenvalue weighted by Gasteiger charge is -2.68. The summed E-state index contributed by atoms with van der Waals surface area (Å²) in [6.07, 6.45) is -4.39. The van der Waals surface area contributed by atoms with Gasteiger partial charge in [0.05, 0.1) is 11.5 Å². The van der Waals surface area contributed by atoms with Gasteiger partial charge >= 0.3 is 23.9 Å². The molecule has 0 heterocycles. The van der Waals surface area contributed by atoms with E-state index in [1.807, 2.05) is 20.8 Å². The average Bonchev–Trinajstić information content (AvgIpc) is 2.93. The number of rotatable bonds is 4. The Morgan fingerprint density at radius 2 is 1.34 bits per heavy atom. The first-order chi connectivity index (χ1) is 17.5. The van der Waals surface area contributed by atoms with Crippen LogP contribution in [0.5, 0.6) is 0 Å². The molecule has 0 aliphatic heterocycles. The topological polar surface area (TPSA) is 143 Å². The van der Waals surface area contributed by atoms with Gasteiger partial charge in [0.15, 0.2) is 11.9 Å². The summed E-state index contributed by atoms with van der Waals surface area (Å²) in [4.78, 5) is 63.4. The van der Waals surface area contributed by atoms with Crippen LogP contribution in [0, 0.1) is 34.0 Å². The number of ether oxygens (including phenoxy) is 4. The number of ketones is 1. The molecule has 4 aliphatic rings. The standard InChI is InChI=1S/C28H38O10/c1-12-17-9-18(33)21-27(8)11-19(35-13(2)29)24(37-15(4)31)26(6,7)22(27)20(36-14(3)30)25(38-16(5)32)28(21,10-17)23(12)34/h17-22,24-25,33H,1,9-11H2,2-8H3/t17?,18?,19-,20?,21?,22+,24-,25?,27?,28?/m0/s1. The van der Waals surface area contributed by atoms with Crippen molar-refractivity contribution in [1.29, 1.82) is 0 Å². The summed E-state index contributed by atoms with van der Waals surface area (Å²) in [6.45, 7) is 14.5. The van der Waals surface area contributed by atoms with E-state index in [1.54, 1.807) is 0 Å². The second-order valence-electron chi connectivity index (χ2n) is 12.4. The first kappa shape index (κ1) is 28.3. The van der Waals surface area contributed by atoms with E-state index in [0.29, 0.717) is 12.0 Å². The van der Waals surface area contributed by atoms with E-state index in [-0.39, 0.29) is 24.5 Å². The van der Waals surface area contributed by atoms with E-state index in [9.17, 15) is 29.1 Å². The van der Waals surface area contributed by atoms with Crippen molar-refractivity contribution >= 4 is 29.7 Å². The number of aliphatic hydroxyl groups excluding tert-OH is 1. The SMILES string of the molecule is C=C1C(=O)C23CC1CC(O)C2C1(C)C[C@H](OC(C)=O)[C@H](OC(C)=O)C(C)(C)[C@H]1C(OC(C)=O)C3OC(C)=O. The fourth-order valence-corrected chi connectivity index (χ4v) is 8.98. The first-order valence-corrected chi connectivity index (χ1v) is 13.1. The Morgan fingerprint density at radius 1 is 0.816 bits per heavy atom. The molecule has 10 atom stereocenters. The van der Waals surface area contributed by atoms with Gasteiger partial charge in [-0.05, 0) is 36.2 Å². The van der Waals surface area contributed by atoms with Gasteiger partial charge in [0.1, 0.15) is 18.3 Å². The van der Waals surface area contributed by atoms with Crippen molar-refractivity contribution in [3.05, 3.63) is 12.2 Å². The van der Waals surface area contributed by atoms with Crippen LogP contribution in [-0.4, -0.2) is 65.3 Å². The van der Waals surface area contributed by atoms with Gasteiger partial charge in [-0.25, -0.2) is 0 Å². The molecule has 0 aromatic heterocycles. The van der Waals surface area contributed by atoms with Crippen molar-refractivity contribution in [1.82, 2.24) is 0 Å². The van der Waals surface area contributed by atoms with Crippen LogP contribution in [0.2, 0.25) is 0 Å². The Labute approximate surface area is 222 Å². The molecule has 10 heteroatoms. The summed E-state index contributed by atoms with van der Waals surface area (Å²) < 4.78 is 23.3. The van der Waals surface area contributed by atoms with E-state index < -0.39 is 82.5 Å². The van der Waals surface area contributed by atoms with E-state index in [4.69, 9.17) is 18.9 Å². The fourth-order valence-electron chi connectivity index (χ4n) is 8.98. The van der Waals surface area contributed by atoms with E-state index in [1.165, 1.54) is 27.7 Å². The highest BCUT2D eigenvalue weighted by atomic mass is 16.6. The van der Waals surface area contributed by atoms with Gasteiger partial charge in [0.2, 0.25) is 0 Å². The summed E-state index contributed by atoms with van der Waals surface area (Å²) in [5.41, 5.74) is -3.02. The molecular formula is C28H38O10. The maximum absolute atomic E-state index is 14.1. The average molecular weight is 535 g/mol. The van der Waals surface area contributed by atoms with E-state index in [0.717, 1.165) is 0 Å². The Kier molecular flexibility index (Phi) is 6.82. The summed E-state index contributed by atoms with van der Waals surface area (Å²) in [5, 5.41) is 11.7. The molecule has 7 unspecified atom stereocenters. The molecule has 38 heavy (non-hydrogen) atoms. The second kappa shape index (κ2) is 9.17. The number of hydrogen-bond acceptors (Lipinski definition) is 10. The molecule has 4 rings (SSSR count). The number of aliphatic hydroxyl groups is 1. The van der Waals surface area contributed by atoms with Crippen molar-refractivity contribution in [2.45, 2.75) is 98.2 Å². The largest absolute Gasteiger partial charge is 0.459 e. The van der Waals surface area contributed by atoms with Crippen LogP contribution >= 0.6 is 0 Å². The van der Waals surface area contributed by atoms with Gasteiger partial charge in [-0.15, -0.1) is 0 Å². The first-order valence-electron chi connectivity index (χ1n) is 13.1. The van der Waals surface area contributed by atoms with Crippen LogP contribution < -0.4 is 0 Å². The zero-order valence-electron chi connectivity index (χ0n) is 23.1. The molecule has 210 valence electrons. The number of carbonyl (C=O) groups excluding carboxylic acids is 5. The maximum Gasteiger partial charge on any atom is 0.303 e. The molecule has 2 bridgehead atoms. The molecule has 1 spiro atoms. The summed E-state index contributed by atoms with van der Waals surface area (Å²) in [5.74, 6) is -4.47. The highest BCUT2D eigenvalue weighted by Gasteiger charge is 2.79. The van der Waals surface area contributed by atoms with Gasteiger partial charge in [-0.1, -0.05) is 27.4 Å². The van der Waals surface area contributed by atoms with Gasteiger partial charge < -0.3 is 24.1 Å². The van der Waals surface area contributed by atoms with Crippen molar-refractivity contribution in [3.8, 4) is 0 Å². The Hall–Kier alpha value is -2.75. The zero-order chi connectivity index (χ0) is 28.5. The maximum atomic E-state index is 14.1. The minimum atomic E-state index is -1.39. The lowest BCUT2D eigenvalue weighted by Crippen LogP contribution is -2.76. The summed E-state index contributed by atoms with van der Waals surface area (Å²) in [6, 6.07) is 0. The quantitative estimate of drug-likeness (QED) is 0.324. The van der Waals surface area contributed by atoms with Crippen molar-refractivity contribution in [3.63, 3.8) is 0 Å².